The van der Waals surface area contributed by atoms with Crippen molar-refractivity contribution in [1.29, 1.82) is 0 Å². The molecule has 2 aromatic rings. The molecule has 2 aromatic heterocycles. The van der Waals surface area contributed by atoms with Crippen molar-refractivity contribution >= 4 is 11.3 Å². The van der Waals surface area contributed by atoms with Gasteiger partial charge in [-0.1, -0.05) is 26.8 Å². The van der Waals surface area contributed by atoms with Crippen molar-refractivity contribution in [1.82, 2.24) is 9.97 Å². The fourth-order valence-corrected chi connectivity index (χ4v) is 2.29. The molecule has 0 atom stereocenters. The lowest BCUT2D eigenvalue weighted by atomic mass is 9.95. The van der Waals surface area contributed by atoms with E-state index in [1.54, 1.807) is 11.3 Å². The average molecular weight is 247 g/mol. The summed E-state index contributed by atoms with van der Waals surface area (Å²) < 4.78 is 0. The van der Waals surface area contributed by atoms with Crippen LogP contribution in [-0.2, 0) is 12.0 Å². The van der Waals surface area contributed by atoms with Crippen molar-refractivity contribution in [2.75, 3.05) is 0 Å². The monoisotopic (exact) mass is 247 g/mol. The third-order valence-corrected chi connectivity index (χ3v) is 3.39. The summed E-state index contributed by atoms with van der Waals surface area (Å²) in [6, 6.07) is 4.10. The minimum Gasteiger partial charge on any atom is -0.326 e. The molecule has 0 aliphatic carbocycles. The van der Waals surface area contributed by atoms with Gasteiger partial charge in [-0.2, -0.15) is 0 Å². The van der Waals surface area contributed by atoms with E-state index in [1.807, 2.05) is 12.3 Å². The Hall–Kier alpha value is -1.26. The number of aromatic nitrogens is 2. The molecule has 17 heavy (non-hydrogen) atoms. The molecule has 2 rings (SSSR count). The van der Waals surface area contributed by atoms with Crippen molar-refractivity contribution in [3.05, 3.63) is 35.1 Å². The Bertz CT molecular complexity index is 498. The first-order chi connectivity index (χ1) is 8.02. The van der Waals surface area contributed by atoms with Crippen LogP contribution in [0.25, 0.3) is 10.6 Å². The van der Waals surface area contributed by atoms with Gasteiger partial charge in [0.15, 0.2) is 0 Å². The number of nitrogens with two attached hydrogens (primary N) is 1. The van der Waals surface area contributed by atoms with Gasteiger partial charge in [-0.25, -0.2) is 9.97 Å². The average Bonchev–Trinajstić information content (AvgIpc) is 2.80. The zero-order valence-electron chi connectivity index (χ0n) is 10.4. The predicted molar refractivity (Wildman–Crippen MR) is 71.9 cm³/mol. The highest BCUT2D eigenvalue weighted by molar-refractivity contribution is 7.13. The first kappa shape index (κ1) is 12.2. The van der Waals surface area contributed by atoms with E-state index in [4.69, 9.17) is 5.73 Å². The molecular formula is C13H17N3S. The number of hydrogen-bond donors (Lipinski definition) is 1. The van der Waals surface area contributed by atoms with Crippen LogP contribution in [0.3, 0.4) is 0 Å². The molecule has 4 heteroatoms. The minimum atomic E-state index is -0.0425. The molecule has 0 unspecified atom stereocenters. The molecule has 3 nitrogen and oxygen atoms in total. The number of nitrogens with zero attached hydrogens (tertiary/aromatic N) is 2. The van der Waals surface area contributed by atoms with Crippen LogP contribution in [0.2, 0.25) is 0 Å². The molecule has 0 fully saturated rings. The zero-order valence-corrected chi connectivity index (χ0v) is 11.2. The summed E-state index contributed by atoms with van der Waals surface area (Å²) in [4.78, 5) is 10.2. The lowest BCUT2D eigenvalue weighted by Crippen LogP contribution is -2.17. The molecule has 0 spiro atoms. The smallest absolute Gasteiger partial charge is 0.134 e. The number of thiophene rings is 1. The van der Waals surface area contributed by atoms with Crippen molar-refractivity contribution in [3.63, 3.8) is 0 Å². The van der Waals surface area contributed by atoms with Crippen LogP contribution >= 0.6 is 11.3 Å². The van der Waals surface area contributed by atoms with Gasteiger partial charge < -0.3 is 5.73 Å². The molecular weight excluding hydrogens is 230 g/mol. The third-order valence-electron chi connectivity index (χ3n) is 2.51. The lowest BCUT2D eigenvalue weighted by molar-refractivity contribution is 0.545. The summed E-state index contributed by atoms with van der Waals surface area (Å²) >= 11 is 1.68. The van der Waals surface area contributed by atoms with E-state index in [0.717, 1.165) is 22.0 Å². The highest BCUT2D eigenvalue weighted by Crippen LogP contribution is 2.28. The summed E-state index contributed by atoms with van der Waals surface area (Å²) in [6.45, 7) is 6.81. The molecule has 0 radical (unpaired) electrons. The maximum atomic E-state index is 5.74. The molecule has 0 aromatic carbocycles. The molecule has 0 saturated carbocycles. The van der Waals surface area contributed by atoms with Crippen molar-refractivity contribution in [2.24, 2.45) is 5.73 Å². The molecule has 0 amide bonds. The van der Waals surface area contributed by atoms with Gasteiger partial charge in [0, 0.05) is 23.7 Å². The Kier molecular flexibility index (Phi) is 3.26. The van der Waals surface area contributed by atoms with Crippen LogP contribution in [0.1, 0.15) is 32.2 Å². The quantitative estimate of drug-likeness (QED) is 0.887. The third kappa shape index (κ3) is 2.53. The number of hydrogen-bond acceptors (Lipinski definition) is 4. The Morgan fingerprint density at radius 1 is 1.35 bits per heavy atom. The second-order valence-corrected chi connectivity index (χ2v) is 5.95. The van der Waals surface area contributed by atoms with Crippen molar-refractivity contribution in [2.45, 2.75) is 32.7 Å². The lowest BCUT2D eigenvalue weighted by Gasteiger charge is -2.18. The summed E-state index contributed by atoms with van der Waals surface area (Å²) in [5.41, 5.74) is 7.67. The summed E-state index contributed by atoms with van der Waals surface area (Å²) in [6.07, 6.45) is 1.85. The molecule has 90 valence electrons. The zero-order chi connectivity index (χ0) is 12.5. The topological polar surface area (TPSA) is 51.8 Å². The highest BCUT2D eigenvalue weighted by Gasteiger charge is 2.19. The maximum Gasteiger partial charge on any atom is 0.134 e. The van der Waals surface area contributed by atoms with Crippen LogP contribution in [0.5, 0.6) is 0 Å². The summed E-state index contributed by atoms with van der Waals surface area (Å²) in [5, 5.41) is 2.05. The predicted octanol–water partition coefficient (Wildman–Crippen LogP) is 2.96. The number of rotatable bonds is 2. The van der Waals surface area contributed by atoms with E-state index in [1.165, 1.54) is 0 Å². The van der Waals surface area contributed by atoms with Crippen molar-refractivity contribution < 1.29 is 0 Å². The van der Waals surface area contributed by atoms with Crippen LogP contribution in [-0.4, -0.2) is 9.97 Å². The normalized spacial score (nSPS) is 11.8. The van der Waals surface area contributed by atoms with Gasteiger partial charge in [0.05, 0.1) is 10.6 Å². The Morgan fingerprint density at radius 3 is 2.65 bits per heavy atom. The van der Waals surface area contributed by atoms with Gasteiger partial charge in [-0.3, -0.25) is 0 Å². The van der Waals surface area contributed by atoms with Crippen LogP contribution in [0, 0.1) is 0 Å². The largest absolute Gasteiger partial charge is 0.326 e. The summed E-state index contributed by atoms with van der Waals surface area (Å²) in [7, 11) is 0. The first-order valence-corrected chi connectivity index (χ1v) is 6.50. The standard InChI is InChI=1S/C13H17N3S/c1-13(2,3)12-15-8-9(7-14)11(16-12)10-5-4-6-17-10/h4-6,8H,7,14H2,1-3H3. The Balaban J connectivity index is 2.55. The van der Waals surface area contributed by atoms with Gasteiger partial charge in [0.1, 0.15) is 5.82 Å². The molecule has 2 N–H and O–H groups in total. The molecule has 0 bridgehead atoms. The second kappa shape index (κ2) is 4.55. The summed E-state index contributed by atoms with van der Waals surface area (Å²) in [5.74, 6) is 0.859. The highest BCUT2D eigenvalue weighted by atomic mass is 32.1. The molecule has 0 aliphatic heterocycles. The Morgan fingerprint density at radius 2 is 2.12 bits per heavy atom. The van der Waals surface area contributed by atoms with Gasteiger partial charge in [-0.05, 0) is 11.4 Å². The van der Waals surface area contributed by atoms with Gasteiger partial charge in [-0.15, -0.1) is 11.3 Å². The second-order valence-electron chi connectivity index (χ2n) is 5.00. The van der Waals surface area contributed by atoms with Crippen LogP contribution in [0.4, 0.5) is 0 Å². The van der Waals surface area contributed by atoms with E-state index in [2.05, 4.69) is 42.2 Å². The fourth-order valence-electron chi connectivity index (χ4n) is 1.54. The van der Waals surface area contributed by atoms with E-state index in [9.17, 15) is 0 Å². The van der Waals surface area contributed by atoms with Crippen LogP contribution in [0.15, 0.2) is 23.7 Å². The van der Waals surface area contributed by atoms with E-state index >= 15 is 0 Å². The van der Waals surface area contributed by atoms with Crippen LogP contribution < -0.4 is 5.73 Å². The van der Waals surface area contributed by atoms with E-state index in [-0.39, 0.29) is 5.41 Å². The maximum absolute atomic E-state index is 5.74. The first-order valence-electron chi connectivity index (χ1n) is 5.62. The van der Waals surface area contributed by atoms with Gasteiger partial charge in [0.2, 0.25) is 0 Å². The van der Waals surface area contributed by atoms with E-state index in [0.29, 0.717) is 6.54 Å². The molecule has 2 heterocycles. The Labute approximate surface area is 106 Å². The fraction of sp³-hybridized carbons (Fsp3) is 0.385. The molecule has 0 saturated heterocycles. The minimum absolute atomic E-state index is 0.0425. The van der Waals surface area contributed by atoms with Crippen molar-refractivity contribution in [3.8, 4) is 10.6 Å². The van der Waals surface area contributed by atoms with Gasteiger partial charge >= 0.3 is 0 Å². The van der Waals surface area contributed by atoms with E-state index < -0.39 is 0 Å². The molecule has 0 aliphatic rings. The van der Waals surface area contributed by atoms with Gasteiger partial charge in [0.25, 0.3) is 0 Å². The SMILES string of the molecule is CC(C)(C)c1ncc(CN)c(-c2cccs2)n1.